The van der Waals surface area contributed by atoms with Crippen molar-refractivity contribution in [3.8, 4) is 11.5 Å². The Morgan fingerprint density at radius 1 is 1.08 bits per heavy atom. The highest BCUT2D eigenvalue weighted by atomic mass is 16.5. The molecule has 0 saturated heterocycles. The first-order chi connectivity index (χ1) is 12.6. The molecule has 0 aromatic heterocycles. The van der Waals surface area contributed by atoms with Gasteiger partial charge in [-0.3, -0.25) is 9.59 Å². The molecule has 2 atom stereocenters. The zero-order chi connectivity index (χ0) is 18.8. The van der Waals surface area contributed by atoms with Crippen LogP contribution < -0.4 is 14.8 Å². The predicted molar refractivity (Wildman–Crippen MR) is 98.2 cm³/mol. The topological polar surface area (TPSA) is 73.9 Å². The Labute approximate surface area is 155 Å². The van der Waals surface area contributed by atoms with Gasteiger partial charge in [0.05, 0.1) is 19.6 Å². The minimum Gasteiger partial charge on any atom is -0.494 e. The van der Waals surface area contributed by atoms with Crippen molar-refractivity contribution in [2.45, 2.75) is 52.0 Å². The highest BCUT2D eigenvalue weighted by molar-refractivity contribution is 5.80. The Kier molecular flexibility index (Phi) is 8.25. The van der Waals surface area contributed by atoms with Crippen molar-refractivity contribution < 1.29 is 23.8 Å². The summed E-state index contributed by atoms with van der Waals surface area (Å²) < 4.78 is 15.9. The molecule has 0 aliphatic heterocycles. The maximum atomic E-state index is 11.9. The molecule has 6 nitrogen and oxygen atoms in total. The van der Waals surface area contributed by atoms with Crippen LogP contribution in [0.5, 0.6) is 11.5 Å². The summed E-state index contributed by atoms with van der Waals surface area (Å²) in [5, 5.41) is 2.96. The van der Waals surface area contributed by atoms with Gasteiger partial charge in [-0.15, -0.1) is 0 Å². The fourth-order valence-corrected chi connectivity index (χ4v) is 3.05. The van der Waals surface area contributed by atoms with Crippen molar-refractivity contribution in [2.75, 3.05) is 19.8 Å². The summed E-state index contributed by atoms with van der Waals surface area (Å²) in [6, 6.07) is 7.39. The fraction of sp³-hybridized carbons (Fsp3) is 0.600. The maximum Gasteiger partial charge on any atom is 0.309 e. The Morgan fingerprint density at radius 3 is 2.38 bits per heavy atom. The van der Waals surface area contributed by atoms with E-state index < -0.39 is 5.97 Å². The molecule has 0 heterocycles. The number of esters is 1. The van der Waals surface area contributed by atoms with E-state index in [9.17, 15) is 9.59 Å². The SMILES string of the molecule is CCOc1ccc(OCCC(=O)OCC(=O)N[C@@H]2CCCC[C@@H]2C)cc1. The number of amides is 1. The van der Waals surface area contributed by atoms with Gasteiger partial charge >= 0.3 is 5.97 Å². The van der Waals surface area contributed by atoms with E-state index in [-0.39, 0.29) is 31.6 Å². The molecule has 0 unspecified atom stereocenters. The molecule has 1 aromatic carbocycles. The summed E-state index contributed by atoms with van der Waals surface area (Å²) in [6.07, 6.45) is 4.58. The lowest BCUT2D eigenvalue weighted by atomic mass is 9.86. The van der Waals surface area contributed by atoms with Crippen molar-refractivity contribution in [3.63, 3.8) is 0 Å². The van der Waals surface area contributed by atoms with Crippen LogP contribution in [-0.4, -0.2) is 37.7 Å². The summed E-state index contributed by atoms with van der Waals surface area (Å²) in [7, 11) is 0. The van der Waals surface area contributed by atoms with Crippen molar-refractivity contribution in [3.05, 3.63) is 24.3 Å². The second-order valence-corrected chi connectivity index (χ2v) is 6.60. The molecule has 26 heavy (non-hydrogen) atoms. The van der Waals surface area contributed by atoms with Gasteiger partial charge in [0.1, 0.15) is 11.5 Å². The van der Waals surface area contributed by atoms with Gasteiger partial charge in [0.25, 0.3) is 5.91 Å². The zero-order valence-corrected chi connectivity index (χ0v) is 15.7. The van der Waals surface area contributed by atoms with Crippen molar-refractivity contribution in [2.24, 2.45) is 5.92 Å². The van der Waals surface area contributed by atoms with Crippen LogP contribution in [0.4, 0.5) is 0 Å². The summed E-state index contributed by atoms with van der Waals surface area (Å²) in [4.78, 5) is 23.6. The van der Waals surface area contributed by atoms with Crippen LogP contribution in [0.1, 0.15) is 46.0 Å². The summed E-state index contributed by atoms with van der Waals surface area (Å²) in [5.41, 5.74) is 0. The molecule has 1 aromatic rings. The summed E-state index contributed by atoms with van der Waals surface area (Å²) in [5.74, 6) is 1.24. The molecule has 1 aliphatic carbocycles. The third-order valence-corrected chi connectivity index (χ3v) is 4.53. The highest BCUT2D eigenvalue weighted by Crippen LogP contribution is 2.23. The van der Waals surface area contributed by atoms with E-state index in [0.29, 0.717) is 18.3 Å². The van der Waals surface area contributed by atoms with Crippen molar-refractivity contribution in [1.29, 1.82) is 0 Å². The summed E-state index contributed by atoms with van der Waals surface area (Å²) >= 11 is 0. The van der Waals surface area contributed by atoms with Crippen LogP contribution in [0, 0.1) is 5.92 Å². The molecule has 0 spiro atoms. The molecular formula is C20H29NO5. The average molecular weight is 363 g/mol. The molecule has 6 heteroatoms. The molecular weight excluding hydrogens is 334 g/mol. The lowest BCUT2D eigenvalue weighted by Crippen LogP contribution is -2.42. The van der Waals surface area contributed by atoms with Crippen LogP contribution in [0.3, 0.4) is 0 Å². The quantitative estimate of drug-likeness (QED) is 0.683. The lowest BCUT2D eigenvalue weighted by Gasteiger charge is -2.29. The fourth-order valence-electron chi connectivity index (χ4n) is 3.05. The smallest absolute Gasteiger partial charge is 0.309 e. The minimum atomic E-state index is -0.442. The molecule has 1 saturated carbocycles. The summed E-state index contributed by atoms with van der Waals surface area (Å²) in [6.45, 7) is 4.65. The Balaban J connectivity index is 1.60. The Bertz CT molecular complexity index is 572. The van der Waals surface area contributed by atoms with E-state index in [2.05, 4.69) is 12.2 Å². The van der Waals surface area contributed by atoms with Gasteiger partial charge in [-0.1, -0.05) is 19.8 Å². The number of ether oxygens (including phenoxy) is 3. The lowest BCUT2D eigenvalue weighted by molar-refractivity contribution is -0.149. The molecule has 1 fully saturated rings. The van der Waals surface area contributed by atoms with Gasteiger partial charge < -0.3 is 19.5 Å². The largest absolute Gasteiger partial charge is 0.494 e. The molecule has 1 aliphatic rings. The van der Waals surface area contributed by atoms with Crippen LogP contribution in [0.25, 0.3) is 0 Å². The Hall–Kier alpha value is -2.24. The van der Waals surface area contributed by atoms with Crippen LogP contribution in [-0.2, 0) is 14.3 Å². The molecule has 0 bridgehead atoms. The monoisotopic (exact) mass is 363 g/mol. The molecule has 1 N–H and O–H groups in total. The van der Waals surface area contributed by atoms with Gasteiger partial charge in [-0.25, -0.2) is 0 Å². The van der Waals surface area contributed by atoms with Gasteiger partial charge in [0.15, 0.2) is 6.61 Å². The third kappa shape index (κ3) is 6.94. The van der Waals surface area contributed by atoms with E-state index in [1.54, 1.807) is 12.1 Å². The predicted octanol–water partition coefficient (Wildman–Crippen LogP) is 3.09. The number of rotatable bonds is 9. The third-order valence-electron chi connectivity index (χ3n) is 4.53. The van der Waals surface area contributed by atoms with Gasteiger partial charge in [0.2, 0.25) is 0 Å². The van der Waals surface area contributed by atoms with E-state index in [1.807, 2.05) is 19.1 Å². The normalized spacial score (nSPS) is 19.5. The maximum absolute atomic E-state index is 11.9. The van der Waals surface area contributed by atoms with E-state index in [0.717, 1.165) is 25.0 Å². The average Bonchev–Trinajstić information content (AvgIpc) is 2.64. The van der Waals surface area contributed by atoms with Gasteiger partial charge in [0, 0.05) is 6.04 Å². The second kappa shape index (κ2) is 10.7. The van der Waals surface area contributed by atoms with Crippen LogP contribution in [0.15, 0.2) is 24.3 Å². The number of nitrogens with one attached hydrogen (secondary N) is 1. The minimum absolute atomic E-state index is 0.0975. The van der Waals surface area contributed by atoms with E-state index in [4.69, 9.17) is 14.2 Å². The Morgan fingerprint density at radius 2 is 1.73 bits per heavy atom. The van der Waals surface area contributed by atoms with Crippen molar-refractivity contribution in [1.82, 2.24) is 5.32 Å². The second-order valence-electron chi connectivity index (χ2n) is 6.60. The number of hydrogen-bond acceptors (Lipinski definition) is 5. The highest BCUT2D eigenvalue weighted by Gasteiger charge is 2.23. The van der Waals surface area contributed by atoms with Crippen LogP contribution >= 0.6 is 0 Å². The van der Waals surface area contributed by atoms with E-state index >= 15 is 0 Å². The molecule has 0 radical (unpaired) electrons. The van der Waals surface area contributed by atoms with Crippen molar-refractivity contribution >= 4 is 11.9 Å². The first kappa shape index (κ1) is 20.1. The molecule has 2 rings (SSSR count). The zero-order valence-electron chi connectivity index (χ0n) is 15.7. The number of carbonyl (C=O) groups is 2. The first-order valence-corrected chi connectivity index (χ1v) is 9.39. The van der Waals surface area contributed by atoms with Gasteiger partial charge in [-0.2, -0.15) is 0 Å². The standard InChI is InChI=1S/C20H29NO5/c1-3-24-16-8-10-17(11-9-16)25-13-12-20(23)26-14-19(22)21-18-7-5-4-6-15(18)2/h8-11,15,18H,3-7,12-14H2,1-2H3,(H,21,22)/t15-,18+/m0/s1. The number of benzene rings is 1. The number of carbonyl (C=O) groups excluding carboxylic acids is 2. The number of hydrogen-bond donors (Lipinski definition) is 1. The molecule has 144 valence electrons. The molecule has 1 amide bonds. The first-order valence-electron chi connectivity index (χ1n) is 9.39. The van der Waals surface area contributed by atoms with E-state index in [1.165, 1.54) is 6.42 Å². The van der Waals surface area contributed by atoms with Gasteiger partial charge in [-0.05, 0) is 49.9 Å². The van der Waals surface area contributed by atoms with Crippen LogP contribution in [0.2, 0.25) is 0 Å².